The fraction of sp³-hybridized carbons (Fsp3) is 0.818. The normalized spacial score (nSPS) is 14.3. The van der Waals surface area contributed by atoms with Gasteiger partial charge in [-0.15, -0.1) is 0 Å². The predicted octanol–water partition coefficient (Wildman–Crippen LogP) is 2.11. The van der Waals surface area contributed by atoms with Crippen molar-refractivity contribution in [2.45, 2.75) is 45.2 Å². The number of alkyl halides is 3. The maximum atomic E-state index is 12.1. The van der Waals surface area contributed by atoms with E-state index in [0.717, 1.165) is 0 Å². The number of halogens is 3. The highest BCUT2D eigenvalue weighted by Crippen LogP contribution is 2.26. The minimum absolute atomic E-state index is 0.00652. The lowest BCUT2D eigenvalue weighted by atomic mass is 9.97. The minimum atomic E-state index is -5.82. The van der Waals surface area contributed by atoms with Gasteiger partial charge in [-0.1, -0.05) is 0 Å². The molecular formula is C11H16F3NO5S. The molecule has 0 aliphatic rings. The molecule has 0 aliphatic carbocycles. The third-order valence-electron chi connectivity index (χ3n) is 2.13. The number of nitrogens with zero attached hydrogens (tertiary/aromatic N) is 1. The number of nitriles is 1. The smallest absolute Gasteiger partial charge is 0.465 e. The Hall–Kier alpha value is -1.34. The van der Waals surface area contributed by atoms with Gasteiger partial charge >= 0.3 is 21.6 Å². The topological polar surface area (TPSA) is 93.5 Å². The number of esters is 1. The standard InChI is InChI=1S/C11H16F3NO5S/c1-10(2,3)9(16)19-6-4-5-8(7-15)20-21(17,18)11(12,13)14/h8H,4-6H2,1-3H3. The van der Waals surface area contributed by atoms with Crippen LogP contribution in [0.25, 0.3) is 0 Å². The number of hydrogen-bond acceptors (Lipinski definition) is 6. The van der Waals surface area contributed by atoms with Gasteiger partial charge in [-0.25, -0.2) is 4.18 Å². The molecular weight excluding hydrogens is 315 g/mol. The Bertz CT molecular complexity index is 501. The molecule has 6 nitrogen and oxygen atoms in total. The molecule has 1 atom stereocenters. The molecule has 0 fully saturated rings. The average molecular weight is 331 g/mol. The van der Waals surface area contributed by atoms with Gasteiger partial charge < -0.3 is 4.74 Å². The summed E-state index contributed by atoms with van der Waals surface area (Å²) < 4.78 is 66.2. The van der Waals surface area contributed by atoms with Crippen LogP contribution in [0.5, 0.6) is 0 Å². The van der Waals surface area contributed by atoms with Crippen molar-refractivity contribution in [1.29, 1.82) is 5.26 Å². The third kappa shape index (κ3) is 6.77. The summed E-state index contributed by atoms with van der Waals surface area (Å²) >= 11 is 0. The highest BCUT2D eigenvalue weighted by Gasteiger charge is 2.48. The molecule has 0 saturated carbocycles. The second kappa shape index (κ2) is 7.09. The van der Waals surface area contributed by atoms with Crippen molar-refractivity contribution in [2.75, 3.05) is 6.61 Å². The van der Waals surface area contributed by atoms with Gasteiger partial charge in [0.1, 0.15) is 0 Å². The Morgan fingerprint density at radius 1 is 1.29 bits per heavy atom. The summed E-state index contributed by atoms with van der Waals surface area (Å²) in [6, 6.07) is 1.31. The molecule has 0 radical (unpaired) electrons. The zero-order valence-corrected chi connectivity index (χ0v) is 12.5. The number of ether oxygens (including phenoxy) is 1. The van der Waals surface area contributed by atoms with Crippen LogP contribution in [0.3, 0.4) is 0 Å². The van der Waals surface area contributed by atoms with Crippen molar-refractivity contribution in [3.8, 4) is 6.07 Å². The molecule has 0 bridgehead atoms. The van der Waals surface area contributed by atoms with Crippen LogP contribution in [-0.4, -0.2) is 32.6 Å². The zero-order chi connectivity index (χ0) is 16.9. The van der Waals surface area contributed by atoms with Crippen molar-refractivity contribution >= 4 is 16.1 Å². The van der Waals surface area contributed by atoms with Gasteiger partial charge in [-0.05, 0) is 33.6 Å². The molecule has 0 aliphatic heterocycles. The van der Waals surface area contributed by atoms with Gasteiger partial charge in [0.05, 0.1) is 18.1 Å². The summed E-state index contributed by atoms with van der Waals surface area (Å²) in [5.41, 5.74) is -6.31. The first-order valence-corrected chi connectivity index (χ1v) is 7.28. The Morgan fingerprint density at radius 2 is 1.81 bits per heavy atom. The van der Waals surface area contributed by atoms with E-state index in [-0.39, 0.29) is 19.4 Å². The van der Waals surface area contributed by atoms with Crippen LogP contribution in [0.2, 0.25) is 0 Å². The van der Waals surface area contributed by atoms with E-state index in [2.05, 4.69) is 4.18 Å². The molecule has 122 valence electrons. The first-order chi connectivity index (χ1) is 9.31. The van der Waals surface area contributed by atoms with Crippen molar-refractivity contribution in [3.63, 3.8) is 0 Å². The molecule has 0 aromatic rings. The monoisotopic (exact) mass is 331 g/mol. The van der Waals surface area contributed by atoms with E-state index in [1.165, 1.54) is 6.07 Å². The molecule has 0 N–H and O–H groups in total. The number of carbonyl (C=O) groups is 1. The van der Waals surface area contributed by atoms with Gasteiger partial charge in [0.25, 0.3) is 0 Å². The Labute approximate surface area is 121 Å². The lowest BCUT2D eigenvalue weighted by Crippen LogP contribution is -2.30. The van der Waals surface area contributed by atoms with Crippen molar-refractivity contribution in [1.82, 2.24) is 0 Å². The van der Waals surface area contributed by atoms with Crippen LogP contribution in [0.1, 0.15) is 33.6 Å². The van der Waals surface area contributed by atoms with Crippen LogP contribution < -0.4 is 0 Å². The van der Waals surface area contributed by atoms with Crippen LogP contribution >= 0.6 is 0 Å². The van der Waals surface area contributed by atoms with Crippen molar-refractivity contribution in [2.24, 2.45) is 5.41 Å². The molecule has 0 aromatic heterocycles. The van der Waals surface area contributed by atoms with E-state index in [9.17, 15) is 26.4 Å². The molecule has 0 heterocycles. The van der Waals surface area contributed by atoms with Crippen LogP contribution in [0.4, 0.5) is 13.2 Å². The van der Waals surface area contributed by atoms with Crippen LogP contribution in [0.15, 0.2) is 0 Å². The second-order valence-electron chi connectivity index (χ2n) is 5.14. The van der Waals surface area contributed by atoms with Crippen LogP contribution in [0, 0.1) is 16.7 Å². The summed E-state index contributed by atoms with van der Waals surface area (Å²) in [6.07, 6.45) is -2.11. The van der Waals surface area contributed by atoms with Crippen molar-refractivity contribution < 1.29 is 35.3 Å². The molecule has 1 unspecified atom stereocenters. The SMILES string of the molecule is CC(C)(C)C(=O)OCCCC(C#N)OS(=O)(=O)C(F)(F)F. The van der Waals surface area contributed by atoms with E-state index in [1.54, 1.807) is 20.8 Å². The van der Waals surface area contributed by atoms with E-state index in [4.69, 9.17) is 10.00 Å². The first-order valence-electron chi connectivity index (χ1n) is 5.87. The maximum absolute atomic E-state index is 12.1. The van der Waals surface area contributed by atoms with E-state index >= 15 is 0 Å². The lowest BCUT2D eigenvalue weighted by molar-refractivity contribution is -0.153. The zero-order valence-electron chi connectivity index (χ0n) is 11.7. The Morgan fingerprint density at radius 3 is 2.19 bits per heavy atom. The average Bonchev–Trinajstić information content (AvgIpc) is 2.29. The summed E-state index contributed by atoms with van der Waals surface area (Å²) in [6.45, 7) is 4.70. The minimum Gasteiger partial charge on any atom is -0.465 e. The molecule has 0 aromatic carbocycles. The lowest BCUT2D eigenvalue weighted by Gasteiger charge is -2.17. The number of hydrogen-bond donors (Lipinski definition) is 0. The summed E-state index contributed by atoms with van der Waals surface area (Å²) in [5.74, 6) is -0.514. The number of rotatable bonds is 6. The van der Waals surface area contributed by atoms with Gasteiger partial charge in [0.2, 0.25) is 0 Å². The van der Waals surface area contributed by atoms with E-state index in [0.29, 0.717) is 0 Å². The largest absolute Gasteiger partial charge is 0.523 e. The summed E-state index contributed by atoms with van der Waals surface area (Å²) in [4.78, 5) is 11.4. The molecule has 21 heavy (non-hydrogen) atoms. The molecule has 0 amide bonds. The van der Waals surface area contributed by atoms with Gasteiger partial charge in [-0.3, -0.25) is 4.79 Å². The highest BCUT2D eigenvalue weighted by molar-refractivity contribution is 7.87. The quantitative estimate of drug-likeness (QED) is 0.320. The predicted molar refractivity (Wildman–Crippen MR) is 65.1 cm³/mol. The van der Waals surface area contributed by atoms with Crippen molar-refractivity contribution in [3.05, 3.63) is 0 Å². The second-order valence-corrected chi connectivity index (χ2v) is 6.71. The maximum Gasteiger partial charge on any atom is 0.523 e. The molecule has 0 rings (SSSR count). The van der Waals surface area contributed by atoms with Gasteiger partial charge in [0.15, 0.2) is 6.10 Å². The molecule has 10 heteroatoms. The van der Waals surface area contributed by atoms with E-state index < -0.39 is 33.1 Å². The number of carbonyl (C=O) groups excluding carboxylic acids is 1. The van der Waals surface area contributed by atoms with Crippen LogP contribution in [-0.2, 0) is 23.8 Å². The molecule has 0 spiro atoms. The Balaban J connectivity index is 4.33. The fourth-order valence-electron chi connectivity index (χ4n) is 0.992. The van der Waals surface area contributed by atoms with Gasteiger partial charge in [0, 0.05) is 0 Å². The highest BCUT2D eigenvalue weighted by atomic mass is 32.2. The third-order valence-corrected chi connectivity index (χ3v) is 3.18. The first kappa shape index (κ1) is 19.7. The summed E-state index contributed by atoms with van der Waals surface area (Å²) in [7, 11) is -5.82. The van der Waals surface area contributed by atoms with Gasteiger partial charge in [-0.2, -0.15) is 26.9 Å². The summed E-state index contributed by atoms with van der Waals surface area (Å²) in [5, 5.41) is 8.58. The Kier molecular flexibility index (Phi) is 6.63. The molecule has 0 saturated heterocycles. The fourth-order valence-corrected chi connectivity index (χ4v) is 1.55. The van der Waals surface area contributed by atoms with E-state index in [1.807, 2.05) is 0 Å².